The van der Waals surface area contributed by atoms with Crippen LogP contribution in [0.3, 0.4) is 0 Å². The Bertz CT molecular complexity index is 748. The largest absolute Gasteiger partial charge is 0.395 e. The number of nitrogens with one attached hydrogen (secondary N) is 1. The van der Waals surface area contributed by atoms with Crippen molar-refractivity contribution in [3.8, 4) is 11.1 Å². The molecule has 0 aromatic heterocycles. The quantitative estimate of drug-likeness (QED) is 0.750. The first-order chi connectivity index (χ1) is 13.0. The van der Waals surface area contributed by atoms with Gasteiger partial charge in [0, 0.05) is 25.6 Å². The average molecular weight is 368 g/mol. The summed E-state index contributed by atoms with van der Waals surface area (Å²) >= 11 is 0. The lowest BCUT2D eigenvalue weighted by Gasteiger charge is -2.21. The number of rotatable bonds is 8. The summed E-state index contributed by atoms with van der Waals surface area (Å²) in [5.41, 5.74) is 3.74. The number of carbonyl (C=O) groups is 2. The summed E-state index contributed by atoms with van der Waals surface area (Å²) in [7, 11) is 0. The Hall–Kier alpha value is -2.66. The predicted molar refractivity (Wildman–Crippen MR) is 107 cm³/mol. The first kappa shape index (κ1) is 20.6. The van der Waals surface area contributed by atoms with Crippen molar-refractivity contribution >= 4 is 11.8 Å². The van der Waals surface area contributed by atoms with E-state index in [2.05, 4.69) is 5.32 Å². The summed E-state index contributed by atoms with van der Waals surface area (Å²) in [6.45, 7) is 6.42. The van der Waals surface area contributed by atoms with Gasteiger partial charge in [-0.3, -0.25) is 9.59 Å². The van der Waals surface area contributed by atoms with Gasteiger partial charge in [0.1, 0.15) is 0 Å². The minimum absolute atomic E-state index is 0.0346. The lowest BCUT2D eigenvalue weighted by Crippen LogP contribution is -2.34. The number of hydrogen-bond acceptors (Lipinski definition) is 3. The molecule has 2 aromatic carbocycles. The molecular weight excluding hydrogens is 340 g/mol. The van der Waals surface area contributed by atoms with E-state index in [1.807, 2.05) is 62.4 Å². The van der Waals surface area contributed by atoms with Crippen molar-refractivity contribution in [2.75, 3.05) is 19.7 Å². The Morgan fingerprint density at radius 1 is 1.00 bits per heavy atom. The molecular formula is C22H28N2O3. The molecule has 0 spiro atoms. The highest BCUT2D eigenvalue weighted by Crippen LogP contribution is 2.23. The molecule has 2 N–H and O–H groups in total. The lowest BCUT2D eigenvalue weighted by atomic mass is 10.00. The van der Waals surface area contributed by atoms with E-state index in [9.17, 15) is 9.59 Å². The van der Waals surface area contributed by atoms with Gasteiger partial charge in [0.2, 0.25) is 5.91 Å². The van der Waals surface area contributed by atoms with E-state index in [4.69, 9.17) is 5.11 Å². The second kappa shape index (κ2) is 9.88. The van der Waals surface area contributed by atoms with E-state index in [0.717, 1.165) is 23.1 Å². The van der Waals surface area contributed by atoms with E-state index in [0.29, 0.717) is 18.7 Å². The summed E-state index contributed by atoms with van der Waals surface area (Å²) in [6, 6.07) is 15.5. The average Bonchev–Trinajstić information content (AvgIpc) is 2.67. The van der Waals surface area contributed by atoms with Gasteiger partial charge >= 0.3 is 0 Å². The zero-order valence-corrected chi connectivity index (χ0v) is 16.2. The van der Waals surface area contributed by atoms with Crippen LogP contribution in [0.5, 0.6) is 0 Å². The van der Waals surface area contributed by atoms with Gasteiger partial charge in [0.15, 0.2) is 0 Å². The first-order valence-corrected chi connectivity index (χ1v) is 9.34. The van der Waals surface area contributed by atoms with E-state index < -0.39 is 0 Å². The first-order valence-electron chi connectivity index (χ1n) is 9.34. The van der Waals surface area contributed by atoms with Crippen LogP contribution in [-0.4, -0.2) is 41.5 Å². The second-order valence-electron chi connectivity index (χ2n) is 6.64. The molecule has 0 radical (unpaired) electrons. The van der Waals surface area contributed by atoms with Gasteiger partial charge in [-0.1, -0.05) is 43.3 Å². The Labute approximate surface area is 161 Å². The minimum Gasteiger partial charge on any atom is -0.395 e. The van der Waals surface area contributed by atoms with Gasteiger partial charge in [-0.25, -0.2) is 0 Å². The molecule has 0 saturated carbocycles. The molecule has 0 saturated heterocycles. The number of amides is 2. The highest BCUT2D eigenvalue weighted by molar-refractivity contribution is 5.94. The fourth-order valence-electron chi connectivity index (χ4n) is 3.05. The molecule has 1 atom stereocenters. The third-order valence-corrected chi connectivity index (χ3v) is 4.45. The molecule has 0 heterocycles. The van der Waals surface area contributed by atoms with Crippen molar-refractivity contribution in [3.05, 3.63) is 59.7 Å². The van der Waals surface area contributed by atoms with Gasteiger partial charge in [-0.05, 0) is 42.2 Å². The molecule has 0 aliphatic heterocycles. The van der Waals surface area contributed by atoms with E-state index >= 15 is 0 Å². The van der Waals surface area contributed by atoms with E-state index in [1.165, 1.54) is 6.92 Å². The van der Waals surface area contributed by atoms with Crippen LogP contribution in [0, 0.1) is 0 Å². The zero-order valence-electron chi connectivity index (χ0n) is 16.2. The van der Waals surface area contributed by atoms with Gasteiger partial charge in [0.25, 0.3) is 5.91 Å². The van der Waals surface area contributed by atoms with Crippen molar-refractivity contribution < 1.29 is 14.7 Å². The molecule has 0 fully saturated rings. The molecule has 0 bridgehead atoms. The molecule has 5 heteroatoms. The SMILES string of the molecule is CCCN(CCO)C(=O)c1ccc(-c2ccc([C@H](C)NC(C)=O)cc2)cc1. The highest BCUT2D eigenvalue weighted by Gasteiger charge is 2.14. The van der Waals surface area contributed by atoms with Crippen molar-refractivity contribution in [1.29, 1.82) is 0 Å². The number of carbonyl (C=O) groups excluding carboxylic acids is 2. The zero-order chi connectivity index (χ0) is 19.8. The van der Waals surface area contributed by atoms with Crippen LogP contribution in [0.2, 0.25) is 0 Å². The number of aliphatic hydroxyl groups is 1. The third kappa shape index (κ3) is 5.66. The maximum absolute atomic E-state index is 12.6. The molecule has 5 nitrogen and oxygen atoms in total. The Balaban J connectivity index is 2.12. The van der Waals surface area contributed by atoms with Crippen LogP contribution in [0.4, 0.5) is 0 Å². The third-order valence-electron chi connectivity index (χ3n) is 4.45. The fourth-order valence-corrected chi connectivity index (χ4v) is 3.05. The normalized spacial score (nSPS) is 11.7. The van der Waals surface area contributed by atoms with E-state index in [1.54, 1.807) is 4.90 Å². The second-order valence-corrected chi connectivity index (χ2v) is 6.64. The van der Waals surface area contributed by atoms with Gasteiger partial charge in [-0.2, -0.15) is 0 Å². The molecule has 27 heavy (non-hydrogen) atoms. The van der Waals surface area contributed by atoms with Crippen molar-refractivity contribution in [2.24, 2.45) is 0 Å². The van der Waals surface area contributed by atoms with Crippen LogP contribution in [0.25, 0.3) is 11.1 Å². The Kier molecular flexibility index (Phi) is 7.55. The summed E-state index contributed by atoms with van der Waals surface area (Å²) in [6.07, 6.45) is 0.854. The van der Waals surface area contributed by atoms with Crippen molar-refractivity contribution in [3.63, 3.8) is 0 Å². The van der Waals surface area contributed by atoms with Crippen LogP contribution >= 0.6 is 0 Å². The van der Waals surface area contributed by atoms with Gasteiger partial charge in [0.05, 0.1) is 12.6 Å². The smallest absolute Gasteiger partial charge is 0.253 e. The standard InChI is InChI=1S/C22H28N2O3/c1-4-13-24(14-15-25)22(27)21-11-9-20(10-12-21)19-7-5-18(6-8-19)16(2)23-17(3)26/h5-12,16,25H,4,13-15H2,1-3H3,(H,23,26)/t16-/m0/s1. The molecule has 0 unspecified atom stereocenters. The molecule has 144 valence electrons. The minimum atomic E-state index is -0.0584. The summed E-state index contributed by atoms with van der Waals surface area (Å²) in [4.78, 5) is 25.4. The Morgan fingerprint density at radius 3 is 2.04 bits per heavy atom. The van der Waals surface area contributed by atoms with Gasteiger partial charge < -0.3 is 15.3 Å². The lowest BCUT2D eigenvalue weighted by molar-refractivity contribution is -0.119. The summed E-state index contributed by atoms with van der Waals surface area (Å²) in [5.74, 6) is -0.109. The Morgan fingerprint density at radius 2 is 1.56 bits per heavy atom. The van der Waals surface area contributed by atoms with Crippen LogP contribution in [0.15, 0.2) is 48.5 Å². The van der Waals surface area contributed by atoms with Crippen molar-refractivity contribution in [1.82, 2.24) is 10.2 Å². The number of hydrogen-bond donors (Lipinski definition) is 2. The summed E-state index contributed by atoms with van der Waals surface area (Å²) < 4.78 is 0. The fraction of sp³-hybridized carbons (Fsp3) is 0.364. The van der Waals surface area contributed by atoms with Crippen molar-refractivity contribution in [2.45, 2.75) is 33.2 Å². The molecule has 2 aromatic rings. The molecule has 2 rings (SSSR count). The summed E-state index contributed by atoms with van der Waals surface area (Å²) in [5, 5.41) is 12.0. The highest BCUT2D eigenvalue weighted by atomic mass is 16.3. The van der Waals surface area contributed by atoms with Gasteiger partial charge in [-0.15, -0.1) is 0 Å². The van der Waals surface area contributed by atoms with Crippen LogP contribution in [0.1, 0.15) is 49.2 Å². The molecule has 2 amide bonds. The maximum atomic E-state index is 12.6. The van der Waals surface area contributed by atoms with E-state index in [-0.39, 0.29) is 24.5 Å². The topological polar surface area (TPSA) is 69.6 Å². The molecule has 0 aliphatic carbocycles. The van der Waals surface area contributed by atoms with Crippen LogP contribution in [-0.2, 0) is 4.79 Å². The number of aliphatic hydroxyl groups excluding tert-OH is 1. The number of benzene rings is 2. The monoisotopic (exact) mass is 368 g/mol. The number of nitrogens with zero attached hydrogens (tertiary/aromatic N) is 1. The maximum Gasteiger partial charge on any atom is 0.253 e. The molecule has 0 aliphatic rings. The van der Waals surface area contributed by atoms with Crippen LogP contribution < -0.4 is 5.32 Å². The predicted octanol–water partition coefficient (Wildman–Crippen LogP) is 3.40.